The quantitative estimate of drug-likeness (QED) is 0.822. The summed E-state index contributed by atoms with van der Waals surface area (Å²) in [6.07, 6.45) is -5.99. The fourth-order valence-corrected chi connectivity index (χ4v) is 1.32. The van der Waals surface area contributed by atoms with E-state index in [2.05, 4.69) is 5.73 Å². The molecule has 1 aromatic rings. The van der Waals surface area contributed by atoms with Crippen LogP contribution < -0.4 is 5.73 Å². The number of halogens is 7. The van der Waals surface area contributed by atoms with Crippen LogP contribution in [0.25, 0.3) is 0 Å². The van der Waals surface area contributed by atoms with Crippen LogP contribution in [0.3, 0.4) is 0 Å². The molecule has 0 spiro atoms. The van der Waals surface area contributed by atoms with Gasteiger partial charge in [0.15, 0.2) is 0 Å². The Morgan fingerprint density at radius 3 is 2.00 bits per heavy atom. The highest BCUT2D eigenvalue weighted by Gasteiger charge is 2.62. The average Bonchev–Trinajstić information content (AvgIpc) is 2.22. The number of aryl methyl sites for hydroxylation is 1. The first-order valence-corrected chi connectivity index (χ1v) is 4.64. The summed E-state index contributed by atoms with van der Waals surface area (Å²) in [5, 5.41) is 0. The molecule has 0 fully saturated rings. The molecule has 1 rings (SSSR count). The van der Waals surface area contributed by atoms with E-state index in [1.54, 1.807) is 0 Å². The van der Waals surface area contributed by atoms with Crippen molar-refractivity contribution in [2.24, 2.45) is 5.73 Å². The van der Waals surface area contributed by atoms with Crippen molar-refractivity contribution in [2.45, 2.75) is 25.1 Å². The molecule has 0 saturated heterocycles. The van der Waals surface area contributed by atoms with Crippen molar-refractivity contribution in [3.63, 3.8) is 0 Å². The van der Waals surface area contributed by atoms with E-state index in [9.17, 15) is 30.7 Å². The van der Waals surface area contributed by atoms with Gasteiger partial charge in [0, 0.05) is 5.56 Å². The maximum atomic E-state index is 13.4. The Labute approximate surface area is 97.4 Å². The third-order valence-corrected chi connectivity index (χ3v) is 2.40. The number of nitrogens with two attached hydrogens (primary N) is 1. The molecular formula is C10H8F7N. The van der Waals surface area contributed by atoms with E-state index in [-0.39, 0.29) is 5.56 Å². The first kappa shape index (κ1) is 14.7. The van der Waals surface area contributed by atoms with Gasteiger partial charge in [-0.2, -0.15) is 22.0 Å². The second-order valence-corrected chi connectivity index (χ2v) is 3.69. The van der Waals surface area contributed by atoms with E-state index in [0.29, 0.717) is 6.07 Å². The predicted octanol–water partition coefficient (Wildman–Crippen LogP) is 3.47. The van der Waals surface area contributed by atoms with Crippen molar-refractivity contribution in [3.05, 3.63) is 34.9 Å². The third-order valence-electron chi connectivity index (χ3n) is 2.40. The van der Waals surface area contributed by atoms with E-state index in [1.165, 1.54) is 0 Å². The summed E-state index contributed by atoms with van der Waals surface area (Å²) in [6, 6.07) is -1.65. The zero-order chi connectivity index (χ0) is 14.3. The smallest absolute Gasteiger partial charge is 0.319 e. The molecule has 1 nitrogen and oxygen atoms in total. The fourth-order valence-electron chi connectivity index (χ4n) is 1.32. The maximum absolute atomic E-state index is 13.4. The molecule has 0 unspecified atom stereocenters. The topological polar surface area (TPSA) is 26.0 Å². The summed E-state index contributed by atoms with van der Waals surface area (Å²) in [5.41, 5.74) is 2.93. The lowest BCUT2D eigenvalue weighted by Crippen LogP contribution is -2.46. The molecular weight excluding hydrogens is 267 g/mol. The lowest BCUT2D eigenvalue weighted by molar-refractivity contribution is -0.291. The van der Waals surface area contributed by atoms with Crippen molar-refractivity contribution in [3.8, 4) is 0 Å². The Balaban J connectivity index is 3.36. The Morgan fingerprint density at radius 2 is 1.56 bits per heavy atom. The normalized spacial score (nSPS) is 14.7. The molecule has 0 aliphatic heterocycles. The fraction of sp³-hybridized carbons (Fsp3) is 0.400. The number of rotatable bonds is 2. The van der Waals surface area contributed by atoms with Gasteiger partial charge in [-0.1, -0.05) is 6.07 Å². The van der Waals surface area contributed by atoms with Gasteiger partial charge < -0.3 is 5.73 Å². The van der Waals surface area contributed by atoms with Gasteiger partial charge in [-0.3, -0.25) is 0 Å². The molecule has 102 valence electrons. The van der Waals surface area contributed by atoms with Gasteiger partial charge in [0.2, 0.25) is 0 Å². The zero-order valence-corrected chi connectivity index (χ0v) is 8.96. The van der Waals surface area contributed by atoms with Crippen molar-refractivity contribution in [2.75, 3.05) is 0 Å². The third kappa shape index (κ3) is 2.29. The van der Waals surface area contributed by atoms with E-state index in [0.717, 1.165) is 13.0 Å². The first-order valence-electron chi connectivity index (χ1n) is 4.64. The minimum atomic E-state index is -5.99. The monoisotopic (exact) mass is 275 g/mol. The van der Waals surface area contributed by atoms with Crippen LogP contribution in [-0.2, 0) is 0 Å². The predicted molar refractivity (Wildman–Crippen MR) is 49.0 cm³/mol. The lowest BCUT2D eigenvalue weighted by Gasteiger charge is -2.26. The van der Waals surface area contributed by atoms with Crippen LogP contribution in [0.4, 0.5) is 30.7 Å². The van der Waals surface area contributed by atoms with Gasteiger partial charge in [0.1, 0.15) is 17.7 Å². The summed E-state index contributed by atoms with van der Waals surface area (Å²) in [7, 11) is 0. The standard InChI is InChI=1S/C10H8F7N/c1-4-2-3-5(11)6(7(4)12)8(18)9(13,14)10(15,16)17/h2-3,8H,18H2,1H3/t8-/m1/s1. The van der Waals surface area contributed by atoms with Gasteiger partial charge in [0.05, 0.1) is 0 Å². The molecule has 0 aliphatic rings. The molecule has 0 saturated carbocycles. The molecule has 0 bridgehead atoms. The maximum Gasteiger partial charge on any atom is 0.455 e. The molecule has 2 N–H and O–H groups in total. The second-order valence-electron chi connectivity index (χ2n) is 3.69. The van der Waals surface area contributed by atoms with Crippen LogP contribution in [0.15, 0.2) is 12.1 Å². The molecule has 1 atom stereocenters. The Bertz CT molecular complexity index is 452. The lowest BCUT2D eigenvalue weighted by atomic mass is 9.98. The van der Waals surface area contributed by atoms with E-state index < -0.39 is 35.3 Å². The number of hydrogen-bond donors (Lipinski definition) is 1. The van der Waals surface area contributed by atoms with E-state index >= 15 is 0 Å². The van der Waals surface area contributed by atoms with Gasteiger partial charge in [-0.05, 0) is 18.6 Å². The van der Waals surface area contributed by atoms with Crippen molar-refractivity contribution in [1.29, 1.82) is 0 Å². The summed E-state index contributed by atoms with van der Waals surface area (Å²) >= 11 is 0. The molecule has 8 heteroatoms. The summed E-state index contributed by atoms with van der Waals surface area (Å²) in [4.78, 5) is 0. The Kier molecular flexibility index (Phi) is 3.62. The minimum Gasteiger partial charge on any atom is -0.319 e. The van der Waals surface area contributed by atoms with E-state index in [4.69, 9.17) is 0 Å². The SMILES string of the molecule is Cc1ccc(F)c([C@@H](N)C(F)(F)C(F)(F)F)c1F. The molecule has 1 aromatic carbocycles. The highest BCUT2D eigenvalue weighted by molar-refractivity contribution is 5.30. The molecule has 18 heavy (non-hydrogen) atoms. The Morgan fingerprint density at radius 1 is 1.06 bits per heavy atom. The summed E-state index contributed by atoms with van der Waals surface area (Å²) in [5.74, 6) is -8.48. The largest absolute Gasteiger partial charge is 0.455 e. The summed E-state index contributed by atoms with van der Waals surface area (Å²) < 4.78 is 88.6. The number of hydrogen-bond acceptors (Lipinski definition) is 1. The zero-order valence-electron chi connectivity index (χ0n) is 8.96. The van der Waals surface area contributed by atoms with Crippen molar-refractivity contribution in [1.82, 2.24) is 0 Å². The second kappa shape index (κ2) is 4.42. The Hall–Kier alpha value is -1.31. The molecule has 0 aliphatic carbocycles. The molecule has 0 heterocycles. The number of benzene rings is 1. The molecule has 0 amide bonds. The first-order chi connectivity index (χ1) is 8.00. The van der Waals surface area contributed by atoms with Crippen molar-refractivity contribution >= 4 is 0 Å². The minimum absolute atomic E-state index is 0.278. The number of alkyl halides is 5. The van der Waals surface area contributed by atoms with E-state index in [1.807, 2.05) is 0 Å². The van der Waals surface area contributed by atoms with Gasteiger partial charge in [-0.15, -0.1) is 0 Å². The highest BCUT2D eigenvalue weighted by Crippen LogP contribution is 2.44. The van der Waals surface area contributed by atoms with Crippen LogP contribution in [0.1, 0.15) is 17.2 Å². The van der Waals surface area contributed by atoms with Crippen LogP contribution in [0.5, 0.6) is 0 Å². The molecule has 0 radical (unpaired) electrons. The van der Waals surface area contributed by atoms with Crippen LogP contribution >= 0.6 is 0 Å². The van der Waals surface area contributed by atoms with Crippen LogP contribution in [-0.4, -0.2) is 12.1 Å². The van der Waals surface area contributed by atoms with Gasteiger partial charge in [0.25, 0.3) is 0 Å². The van der Waals surface area contributed by atoms with Crippen LogP contribution in [0, 0.1) is 18.6 Å². The van der Waals surface area contributed by atoms with Gasteiger partial charge >= 0.3 is 12.1 Å². The van der Waals surface area contributed by atoms with Crippen molar-refractivity contribution < 1.29 is 30.7 Å². The van der Waals surface area contributed by atoms with Gasteiger partial charge in [-0.25, -0.2) is 8.78 Å². The average molecular weight is 275 g/mol. The van der Waals surface area contributed by atoms with Crippen LogP contribution in [0.2, 0.25) is 0 Å². The molecule has 0 aromatic heterocycles. The highest BCUT2D eigenvalue weighted by atomic mass is 19.4. The summed E-state index contributed by atoms with van der Waals surface area (Å²) in [6.45, 7) is 1.09.